The zero-order chi connectivity index (χ0) is 13.4. The lowest BCUT2D eigenvalue weighted by Gasteiger charge is -2.11. The zero-order valence-corrected chi connectivity index (χ0v) is 12.2. The maximum absolute atomic E-state index is 11.9. The normalized spacial score (nSPS) is 11.5. The van der Waals surface area contributed by atoms with Crippen LogP contribution < -0.4 is 5.32 Å². The lowest BCUT2D eigenvalue weighted by Crippen LogP contribution is -2.33. The van der Waals surface area contributed by atoms with Gasteiger partial charge in [0, 0.05) is 11.8 Å². The van der Waals surface area contributed by atoms with E-state index in [-0.39, 0.29) is 18.6 Å². The highest BCUT2D eigenvalue weighted by Crippen LogP contribution is 2.15. The van der Waals surface area contributed by atoms with Gasteiger partial charge in [0.25, 0.3) is 5.91 Å². The number of nitrogens with one attached hydrogen (secondary N) is 1. The van der Waals surface area contributed by atoms with Crippen LogP contribution in [-0.4, -0.2) is 35.2 Å². The molecule has 1 atom stereocenters. The van der Waals surface area contributed by atoms with E-state index in [0.29, 0.717) is 4.88 Å². The lowest BCUT2D eigenvalue weighted by molar-refractivity contribution is 0.0948. The summed E-state index contributed by atoms with van der Waals surface area (Å²) in [6.45, 7) is 3.94. The SMILES string of the molecule is CCSCC(C)NC(=O)c1ccc(C#CCO)s1. The van der Waals surface area contributed by atoms with Gasteiger partial charge in [-0.05, 0) is 24.8 Å². The highest BCUT2D eigenvalue weighted by atomic mass is 32.2. The van der Waals surface area contributed by atoms with Crippen molar-refractivity contribution < 1.29 is 9.90 Å². The Labute approximate surface area is 116 Å². The predicted octanol–water partition coefficient (Wildman–Crippen LogP) is 1.96. The van der Waals surface area contributed by atoms with Gasteiger partial charge in [-0.1, -0.05) is 18.8 Å². The average Bonchev–Trinajstić information content (AvgIpc) is 2.82. The molecule has 1 amide bonds. The second kappa shape index (κ2) is 8.20. The Morgan fingerprint density at radius 1 is 1.61 bits per heavy atom. The van der Waals surface area contributed by atoms with E-state index in [9.17, 15) is 4.79 Å². The third-order valence-electron chi connectivity index (χ3n) is 2.07. The first kappa shape index (κ1) is 15.1. The van der Waals surface area contributed by atoms with Crippen molar-refractivity contribution in [2.24, 2.45) is 0 Å². The number of aliphatic hydroxyl groups excluding tert-OH is 1. The van der Waals surface area contributed by atoms with E-state index in [2.05, 4.69) is 24.1 Å². The van der Waals surface area contributed by atoms with Crippen LogP contribution in [-0.2, 0) is 0 Å². The molecule has 0 radical (unpaired) electrons. The number of carbonyl (C=O) groups is 1. The van der Waals surface area contributed by atoms with Gasteiger partial charge >= 0.3 is 0 Å². The number of aliphatic hydroxyl groups is 1. The third kappa shape index (κ3) is 5.13. The Balaban J connectivity index is 2.53. The summed E-state index contributed by atoms with van der Waals surface area (Å²) in [5.41, 5.74) is 0. The zero-order valence-electron chi connectivity index (χ0n) is 10.5. The molecular formula is C13H17NO2S2. The number of hydrogen-bond acceptors (Lipinski definition) is 4. The van der Waals surface area contributed by atoms with E-state index < -0.39 is 0 Å². The molecule has 1 unspecified atom stereocenters. The molecule has 98 valence electrons. The molecule has 0 fully saturated rings. The molecule has 0 aliphatic heterocycles. The van der Waals surface area contributed by atoms with Crippen LogP contribution in [0.15, 0.2) is 12.1 Å². The number of rotatable bonds is 5. The molecule has 0 aliphatic rings. The molecule has 1 heterocycles. The van der Waals surface area contributed by atoms with Gasteiger partial charge in [-0.3, -0.25) is 4.79 Å². The number of thioether (sulfide) groups is 1. The molecule has 0 aliphatic carbocycles. The summed E-state index contributed by atoms with van der Waals surface area (Å²) < 4.78 is 0. The van der Waals surface area contributed by atoms with Crippen molar-refractivity contribution in [1.29, 1.82) is 0 Å². The van der Waals surface area contributed by atoms with Crippen LogP contribution >= 0.6 is 23.1 Å². The molecule has 18 heavy (non-hydrogen) atoms. The van der Waals surface area contributed by atoms with Crippen LogP contribution in [0.2, 0.25) is 0 Å². The summed E-state index contributed by atoms with van der Waals surface area (Å²) in [6.07, 6.45) is 0. The molecule has 1 aromatic rings. The smallest absolute Gasteiger partial charge is 0.261 e. The summed E-state index contributed by atoms with van der Waals surface area (Å²) in [4.78, 5) is 13.4. The van der Waals surface area contributed by atoms with Crippen molar-refractivity contribution in [3.05, 3.63) is 21.9 Å². The molecule has 0 saturated heterocycles. The monoisotopic (exact) mass is 283 g/mol. The number of carbonyl (C=O) groups excluding carboxylic acids is 1. The van der Waals surface area contributed by atoms with Crippen LogP contribution in [0.5, 0.6) is 0 Å². The molecule has 0 aromatic carbocycles. The average molecular weight is 283 g/mol. The molecule has 2 N–H and O–H groups in total. The van der Waals surface area contributed by atoms with Gasteiger partial charge in [0.2, 0.25) is 0 Å². The van der Waals surface area contributed by atoms with E-state index in [0.717, 1.165) is 16.4 Å². The summed E-state index contributed by atoms with van der Waals surface area (Å²) >= 11 is 3.15. The van der Waals surface area contributed by atoms with Crippen molar-refractivity contribution in [2.45, 2.75) is 19.9 Å². The second-order valence-corrected chi connectivity index (χ2v) is 6.06. The molecule has 1 aromatic heterocycles. The first-order valence-corrected chi connectivity index (χ1v) is 7.72. The highest BCUT2D eigenvalue weighted by Gasteiger charge is 2.11. The van der Waals surface area contributed by atoms with Crippen molar-refractivity contribution in [3.8, 4) is 11.8 Å². The van der Waals surface area contributed by atoms with E-state index in [1.54, 1.807) is 12.1 Å². The van der Waals surface area contributed by atoms with Gasteiger partial charge in [0.1, 0.15) is 6.61 Å². The highest BCUT2D eigenvalue weighted by molar-refractivity contribution is 7.99. The van der Waals surface area contributed by atoms with E-state index in [4.69, 9.17) is 5.11 Å². The van der Waals surface area contributed by atoms with E-state index >= 15 is 0 Å². The fourth-order valence-electron chi connectivity index (χ4n) is 1.28. The topological polar surface area (TPSA) is 49.3 Å². The van der Waals surface area contributed by atoms with Gasteiger partial charge in [0.15, 0.2) is 0 Å². The summed E-state index contributed by atoms with van der Waals surface area (Å²) in [6, 6.07) is 3.73. The van der Waals surface area contributed by atoms with Crippen molar-refractivity contribution in [2.75, 3.05) is 18.1 Å². The third-order valence-corrected chi connectivity index (χ3v) is 4.21. The van der Waals surface area contributed by atoms with Crippen molar-refractivity contribution >= 4 is 29.0 Å². The van der Waals surface area contributed by atoms with Crippen molar-refractivity contribution in [3.63, 3.8) is 0 Å². The minimum Gasteiger partial charge on any atom is -0.384 e. The summed E-state index contributed by atoms with van der Waals surface area (Å²) in [5.74, 6) is 7.28. The Morgan fingerprint density at radius 2 is 2.39 bits per heavy atom. The molecule has 1 rings (SSSR count). The van der Waals surface area contributed by atoms with Crippen molar-refractivity contribution in [1.82, 2.24) is 5.32 Å². The fourth-order valence-corrected chi connectivity index (χ4v) is 2.74. The summed E-state index contributed by atoms with van der Waals surface area (Å²) in [5, 5.41) is 11.5. The standard InChI is InChI=1S/C13H17NO2S2/c1-3-17-9-10(2)14-13(16)12-7-6-11(18-12)5-4-8-15/h6-7,10,15H,3,8-9H2,1-2H3,(H,14,16). The quantitative estimate of drug-likeness (QED) is 0.812. The predicted molar refractivity (Wildman–Crippen MR) is 78.2 cm³/mol. The Morgan fingerprint density at radius 3 is 3.06 bits per heavy atom. The Hall–Kier alpha value is -0.960. The molecular weight excluding hydrogens is 266 g/mol. The maximum atomic E-state index is 11.9. The number of hydrogen-bond donors (Lipinski definition) is 2. The summed E-state index contributed by atoms with van der Waals surface area (Å²) in [7, 11) is 0. The minimum atomic E-state index is -0.162. The van der Waals surface area contributed by atoms with Gasteiger partial charge < -0.3 is 10.4 Å². The van der Waals surface area contributed by atoms with E-state index in [1.807, 2.05) is 18.7 Å². The molecule has 0 saturated carbocycles. The van der Waals surface area contributed by atoms with E-state index in [1.165, 1.54) is 11.3 Å². The largest absolute Gasteiger partial charge is 0.384 e. The Bertz CT molecular complexity index is 445. The van der Waals surface area contributed by atoms with Crippen LogP contribution in [0.3, 0.4) is 0 Å². The Kier molecular flexibility index (Phi) is 6.88. The second-order valence-electron chi connectivity index (χ2n) is 3.66. The van der Waals surface area contributed by atoms with Gasteiger partial charge in [-0.25, -0.2) is 0 Å². The molecule has 5 heteroatoms. The van der Waals surface area contributed by atoms with Gasteiger partial charge in [-0.2, -0.15) is 11.8 Å². The molecule has 3 nitrogen and oxygen atoms in total. The molecule has 0 spiro atoms. The van der Waals surface area contributed by atoms with Gasteiger partial charge in [0.05, 0.1) is 9.75 Å². The first-order valence-electron chi connectivity index (χ1n) is 5.75. The van der Waals surface area contributed by atoms with Crippen LogP contribution in [0.1, 0.15) is 28.4 Å². The van der Waals surface area contributed by atoms with Crippen LogP contribution in [0.25, 0.3) is 0 Å². The minimum absolute atomic E-state index is 0.0544. The number of thiophene rings is 1. The fraction of sp³-hybridized carbons (Fsp3) is 0.462. The lowest BCUT2D eigenvalue weighted by atomic mass is 10.3. The molecule has 0 bridgehead atoms. The maximum Gasteiger partial charge on any atom is 0.261 e. The number of amides is 1. The first-order chi connectivity index (χ1) is 8.67. The van der Waals surface area contributed by atoms with Crippen LogP contribution in [0, 0.1) is 11.8 Å². The van der Waals surface area contributed by atoms with Crippen LogP contribution in [0.4, 0.5) is 0 Å². The van der Waals surface area contributed by atoms with Gasteiger partial charge in [-0.15, -0.1) is 11.3 Å².